The maximum absolute atomic E-state index is 14.3. The van der Waals surface area contributed by atoms with Crippen molar-refractivity contribution in [2.45, 2.75) is 18.9 Å². The molecule has 0 aromatic heterocycles. The number of piperazine rings is 1. The average molecular weight is 374 g/mol. The van der Waals surface area contributed by atoms with Gasteiger partial charge in [-0.25, -0.2) is 8.78 Å². The van der Waals surface area contributed by atoms with E-state index in [1.54, 1.807) is 6.08 Å². The maximum Gasteiger partial charge on any atom is 0.149 e. The molecule has 2 nitrogen and oxygen atoms in total. The highest BCUT2D eigenvalue weighted by molar-refractivity contribution is 6.30. The highest BCUT2D eigenvalue weighted by atomic mass is 35.5. The van der Waals surface area contributed by atoms with Crippen molar-refractivity contribution in [3.63, 3.8) is 0 Å². The van der Waals surface area contributed by atoms with E-state index in [-0.39, 0.29) is 41.4 Å². The molecule has 22 heavy (non-hydrogen) atoms. The number of rotatable bonds is 5. The van der Waals surface area contributed by atoms with Gasteiger partial charge in [0.25, 0.3) is 0 Å². The summed E-state index contributed by atoms with van der Waals surface area (Å²) in [6.07, 6.45) is 3.12. The van der Waals surface area contributed by atoms with Crippen LogP contribution in [0.1, 0.15) is 24.4 Å². The smallest absolute Gasteiger partial charge is 0.149 e. The molecule has 1 aliphatic rings. The maximum atomic E-state index is 14.3. The Morgan fingerprint density at radius 1 is 1.27 bits per heavy atom. The van der Waals surface area contributed by atoms with Gasteiger partial charge in [0.2, 0.25) is 0 Å². The first-order chi connectivity index (χ1) is 9.65. The van der Waals surface area contributed by atoms with Gasteiger partial charge in [-0.2, -0.15) is 0 Å². The number of halogens is 5. The highest BCUT2D eigenvalue weighted by Crippen LogP contribution is 2.33. The van der Waals surface area contributed by atoms with E-state index in [1.807, 2.05) is 0 Å². The number of allylic oxidation sites excluding steroid dienone is 1. The van der Waals surface area contributed by atoms with Gasteiger partial charge in [-0.1, -0.05) is 17.7 Å². The summed E-state index contributed by atoms with van der Waals surface area (Å²) in [7, 11) is 0. The van der Waals surface area contributed by atoms with Crippen molar-refractivity contribution in [3.05, 3.63) is 47.0 Å². The molecule has 1 fully saturated rings. The molecule has 7 heteroatoms. The van der Waals surface area contributed by atoms with Gasteiger partial charge < -0.3 is 5.32 Å². The molecule has 126 valence electrons. The van der Waals surface area contributed by atoms with Crippen LogP contribution >= 0.6 is 36.4 Å². The zero-order valence-corrected chi connectivity index (χ0v) is 14.5. The third-order valence-corrected chi connectivity index (χ3v) is 3.94. The minimum atomic E-state index is -0.640. The third-order valence-electron chi connectivity index (χ3n) is 3.65. The van der Waals surface area contributed by atoms with Gasteiger partial charge >= 0.3 is 0 Å². The summed E-state index contributed by atoms with van der Waals surface area (Å²) < 4.78 is 28.4. The second-order valence-corrected chi connectivity index (χ2v) is 5.33. The number of benzene rings is 1. The van der Waals surface area contributed by atoms with Crippen LogP contribution in [0.25, 0.3) is 0 Å². The van der Waals surface area contributed by atoms with E-state index < -0.39 is 11.6 Å². The average Bonchev–Trinajstić information content (AvgIpc) is 2.47. The Morgan fingerprint density at radius 2 is 1.91 bits per heavy atom. The number of nitrogens with one attached hydrogen (secondary N) is 1. The Labute approximate surface area is 147 Å². The predicted molar refractivity (Wildman–Crippen MR) is 92.5 cm³/mol. The molecule has 1 saturated heterocycles. The Balaban J connectivity index is 0.00000220. The topological polar surface area (TPSA) is 15.3 Å². The fourth-order valence-corrected chi connectivity index (χ4v) is 2.79. The fraction of sp³-hybridized carbons (Fsp3) is 0.467. The molecule has 1 heterocycles. The van der Waals surface area contributed by atoms with Gasteiger partial charge in [0.15, 0.2) is 0 Å². The summed E-state index contributed by atoms with van der Waals surface area (Å²) in [5.41, 5.74) is 0.0845. The summed E-state index contributed by atoms with van der Waals surface area (Å²) in [6.45, 7) is 6.89. The first kappa shape index (κ1) is 21.6. The van der Waals surface area contributed by atoms with Crippen molar-refractivity contribution in [1.29, 1.82) is 0 Å². The third kappa shape index (κ3) is 5.07. The minimum Gasteiger partial charge on any atom is -0.314 e. The lowest BCUT2D eigenvalue weighted by atomic mass is 9.98. The molecule has 1 N–H and O–H groups in total. The van der Waals surface area contributed by atoms with Crippen LogP contribution in [0.4, 0.5) is 8.78 Å². The van der Waals surface area contributed by atoms with E-state index in [0.717, 1.165) is 26.2 Å². The molecule has 1 aliphatic heterocycles. The summed E-state index contributed by atoms with van der Waals surface area (Å²) in [6, 6.07) is 2.20. The molecule has 1 aromatic rings. The lowest BCUT2D eigenvalue weighted by Crippen LogP contribution is -2.45. The molecular formula is C15H21Cl3F2N2. The van der Waals surface area contributed by atoms with E-state index in [1.165, 1.54) is 12.1 Å². The molecule has 0 amide bonds. The van der Waals surface area contributed by atoms with Crippen molar-refractivity contribution in [2.75, 3.05) is 26.2 Å². The van der Waals surface area contributed by atoms with Crippen LogP contribution in [0, 0.1) is 11.6 Å². The molecule has 0 bridgehead atoms. The number of hydrogen-bond donors (Lipinski definition) is 1. The minimum absolute atomic E-state index is 0. The largest absolute Gasteiger partial charge is 0.314 e. The lowest BCUT2D eigenvalue weighted by Gasteiger charge is -2.35. The van der Waals surface area contributed by atoms with Crippen molar-refractivity contribution < 1.29 is 8.78 Å². The Kier molecular flexibility index (Phi) is 10.2. The van der Waals surface area contributed by atoms with Crippen molar-refractivity contribution in [2.24, 2.45) is 0 Å². The zero-order valence-electron chi connectivity index (χ0n) is 12.2. The SMILES string of the molecule is C=CCC[C@H](c1c(F)ccc(Cl)c1F)N1CCNCC1.Cl.Cl. The Hall–Kier alpha value is -0.390. The van der Waals surface area contributed by atoms with Crippen LogP contribution in [0.5, 0.6) is 0 Å². The first-order valence-electron chi connectivity index (χ1n) is 6.84. The van der Waals surface area contributed by atoms with E-state index >= 15 is 0 Å². The molecule has 0 saturated carbocycles. The molecule has 0 aliphatic carbocycles. The fourth-order valence-electron chi connectivity index (χ4n) is 2.63. The van der Waals surface area contributed by atoms with Gasteiger partial charge in [-0.3, -0.25) is 4.90 Å². The van der Waals surface area contributed by atoms with Gasteiger partial charge in [-0.15, -0.1) is 31.4 Å². The molecule has 2 rings (SSSR count). The lowest BCUT2D eigenvalue weighted by molar-refractivity contribution is 0.159. The van der Waals surface area contributed by atoms with Gasteiger partial charge in [0.05, 0.1) is 5.02 Å². The molecule has 1 atom stereocenters. The summed E-state index contributed by atoms with van der Waals surface area (Å²) in [5, 5.41) is 3.21. The highest BCUT2D eigenvalue weighted by Gasteiger charge is 2.27. The molecular weight excluding hydrogens is 353 g/mol. The van der Waals surface area contributed by atoms with E-state index in [9.17, 15) is 8.78 Å². The predicted octanol–water partition coefficient (Wildman–Crippen LogP) is 4.37. The van der Waals surface area contributed by atoms with Crippen LogP contribution in [0.2, 0.25) is 5.02 Å². The van der Waals surface area contributed by atoms with Crippen LogP contribution in [-0.2, 0) is 0 Å². The van der Waals surface area contributed by atoms with E-state index in [0.29, 0.717) is 12.8 Å². The molecule has 1 aromatic carbocycles. The molecule has 0 spiro atoms. The Morgan fingerprint density at radius 3 is 2.50 bits per heavy atom. The summed E-state index contributed by atoms with van der Waals surface area (Å²) >= 11 is 5.81. The Bertz CT molecular complexity index is 480. The summed E-state index contributed by atoms with van der Waals surface area (Å²) in [4.78, 5) is 2.11. The molecule has 0 unspecified atom stereocenters. The normalized spacial score (nSPS) is 16.3. The van der Waals surface area contributed by atoms with Gasteiger partial charge in [0, 0.05) is 37.8 Å². The van der Waals surface area contributed by atoms with Crippen LogP contribution in [-0.4, -0.2) is 31.1 Å². The van der Waals surface area contributed by atoms with Crippen LogP contribution < -0.4 is 5.32 Å². The second-order valence-electron chi connectivity index (χ2n) is 4.92. The quantitative estimate of drug-likeness (QED) is 0.609. The van der Waals surface area contributed by atoms with Gasteiger partial charge in [-0.05, 0) is 25.0 Å². The first-order valence-corrected chi connectivity index (χ1v) is 7.22. The second kappa shape index (κ2) is 10.4. The van der Waals surface area contributed by atoms with Gasteiger partial charge in [0.1, 0.15) is 11.6 Å². The number of hydrogen-bond acceptors (Lipinski definition) is 2. The van der Waals surface area contributed by atoms with E-state index in [4.69, 9.17) is 11.6 Å². The van der Waals surface area contributed by atoms with Crippen molar-refractivity contribution in [1.82, 2.24) is 10.2 Å². The zero-order chi connectivity index (χ0) is 14.5. The van der Waals surface area contributed by atoms with Crippen molar-refractivity contribution in [3.8, 4) is 0 Å². The monoisotopic (exact) mass is 372 g/mol. The van der Waals surface area contributed by atoms with Crippen LogP contribution in [0.15, 0.2) is 24.8 Å². The number of nitrogens with zero attached hydrogens (tertiary/aromatic N) is 1. The van der Waals surface area contributed by atoms with Crippen LogP contribution in [0.3, 0.4) is 0 Å². The standard InChI is InChI=1S/C15H19ClF2N2.2ClH/c1-2-3-4-13(20-9-7-19-8-10-20)14-12(17)6-5-11(16)15(14)18;;/h2,5-6,13,19H,1,3-4,7-10H2;2*1H/t13-;;/m1../s1. The summed E-state index contributed by atoms with van der Waals surface area (Å²) in [5.74, 6) is -1.17. The molecule has 0 radical (unpaired) electrons. The van der Waals surface area contributed by atoms with E-state index in [2.05, 4.69) is 16.8 Å². The van der Waals surface area contributed by atoms with Crippen molar-refractivity contribution >= 4 is 36.4 Å².